The zero-order chi connectivity index (χ0) is 24.9. The molecule has 0 aliphatic carbocycles. The van der Waals surface area contributed by atoms with E-state index in [1.165, 1.54) is 38.4 Å². The first-order chi connectivity index (χ1) is 16.1. The van der Waals surface area contributed by atoms with Gasteiger partial charge in [0.1, 0.15) is 18.1 Å². The van der Waals surface area contributed by atoms with Gasteiger partial charge in [-0.2, -0.15) is 0 Å². The number of rotatable bonds is 8. The number of sulfonamides is 1. The number of aryl methyl sites for hydroxylation is 2. The molecule has 0 atom stereocenters. The zero-order valence-corrected chi connectivity index (χ0v) is 20.1. The summed E-state index contributed by atoms with van der Waals surface area (Å²) >= 11 is 0. The van der Waals surface area contributed by atoms with Crippen molar-refractivity contribution in [3.8, 4) is 5.75 Å². The molecular formula is C23H26N4O6S. The molecule has 0 fully saturated rings. The Balaban J connectivity index is 1.52. The molecule has 34 heavy (non-hydrogen) atoms. The molecule has 180 valence electrons. The summed E-state index contributed by atoms with van der Waals surface area (Å²) in [5, 5.41) is 3.89. The molecule has 1 aromatic heterocycles. The first kappa shape index (κ1) is 24.9. The summed E-state index contributed by atoms with van der Waals surface area (Å²) in [6, 6.07) is 12.6. The van der Waals surface area contributed by atoms with Crippen molar-refractivity contribution in [2.75, 3.05) is 14.1 Å². The molecule has 2 aromatic carbocycles. The van der Waals surface area contributed by atoms with E-state index in [4.69, 9.17) is 9.26 Å². The Hall–Kier alpha value is -3.70. The summed E-state index contributed by atoms with van der Waals surface area (Å²) in [7, 11) is -0.877. The minimum absolute atomic E-state index is 0.0202. The first-order valence-corrected chi connectivity index (χ1v) is 11.8. The van der Waals surface area contributed by atoms with Gasteiger partial charge in [-0.15, -0.1) is 0 Å². The van der Waals surface area contributed by atoms with Gasteiger partial charge in [-0.1, -0.05) is 23.4 Å². The molecule has 0 spiro atoms. The van der Waals surface area contributed by atoms with Crippen molar-refractivity contribution >= 4 is 21.8 Å². The molecule has 2 amide bonds. The smallest absolute Gasteiger partial charge is 0.269 e. The van der Waals surface area contributed by atoms with E-state index in [2.05, 4.69) is 16.0 Å². The van der Waals surface area contributed by atoms with Gasteiger partial charge in [0.25, 0.3) is 5.91 Å². The summed E-state index contributed by atoms with van der Waals surface area (Å²) in [5.41, 5.74) is 7.12. The summed E-state index contributed by atoms with van der Waals surface area (Å²) in [4.78, 5) is 24.6. The maximum absolute atomic E-state index is 12.4. The predicted octanol–water partition coefficient (Wildman–Crippen LogP) is 2.12. The number of benzene rings is 2. The van der Waals surface area contributed by atoms with Crippen molar-refractivity contribution in [1.29, 1.82) is 0 Å². The number of aromatic nitrogens is 1. The molecule has 2 N–H and O–H groups in total. The van der Waals surface area contributed by atoms with Gasteiger partial charge in [-0.25, -0.2) is 12.7 Å². The number of hydrogen-bond acceptors (Lipinski definition) is 7. The number of nitrogens with zero attached hydrogens (tertiary/aromatic N) is 2. The fraction of sp³-hybridized carbons (Fsp3) is 0.261. The second-order valence-electron chi connectivity index (χ2n) is 7.73. The maximum atomic E-state index is 12.4. The largest absolute Gasteiger partial charge is 0.489 e. The molecule has 0 bridgehead atoms. The number of hydrogen-bond donors (Lipinski definition) is 2. The molecule has 3 rings (SSSR count). The third kappa shape index (κ3) is 6.00. The Morgan fingerprint density at radius 1 is 1.06 bits per heavy atom. The summed E-state index contributed by atoms with van der Waals surface area (Å²) in [6.07, 6.45) is 0.0273. The fourth-order valence-electron chi connectivity index (χ4n) is 3.00. The second kappa shape index (κ2) is 10.5. The highest BCUT2D eigenvalue weighted by molar-refractivity contribution is 7.89. The van der Waals surface area contributed by atoms with Gasteiger partial charge in [0, 0.05) is 19.7 Å². The van der Waals surface area contributed by atoms with Gasteiger partial charge in [0.2, 0.25) is 15.9 Å². The quantitative estimate of drug-likeness (QED) is 0.466. The van der Waals surface area contributed by atoms with Crippen LogP contribution in [0.15, 0.2) is 57.9 Å². The lowest BCUT2D eigenvalue weighted by atomic mass is 10.1. The number of carbonyl (C=O) groups is 2. The molecule has 0 aliphatic heterocycles. The maximum Gasteiger partial charge on any atom is 0.269 e. The van der Waals surface area contributed by atoms with E-state index in [-0.39, 0.29) is 16.9 Å². The Kier molecular flexibility index (Phi) is 7.69. The van der Waals surface area contributed by atoms with Gasteiger partial charge in [0.05, 0.1) is 22.6 Å². The van der Waals surface area contributed by atoms with Crippen LogP contribution in [0.1, 0.15) is 32.9 Å². The number of carbonyl (C=O) groups excluding carboxylic acids is 2. The van der Waals surface area contributed by atoms with Crippen LogP contribution in [0.25, 0.3) is 0 Å². The summed E-state index contributed by atoms with van der Waals surface area (Å²) in [6.45, 7) is 3.99. The molecule has 0 aliphatic rings. The van der Waals surface area contributed by atoms with Gasteiger partial charge >= 0.3 is 0 Å². The standard InChI is InChI=1S/C23H26N4O6S/c1-15-21(16(2)33-26-15)14-32-19-10-8-17(9-11-19)12-22(28)24-25-23(29)18-6-5-7-20(13-18)34(30,31)27(3)4/h5-11,13H,12,14H2,1-4H3,(H,24,28)(H,25,29). The Labute approximate surface area is 197 Å². The van der Waals surface area contributed by atoms with Crippen LogP contribution in [0.2, 0.25) is 0 Å². The van der Waals surface area contributed by atoms with Crippen molar-refractivity contribution in [2.24, 2.45) is 0 Å². The van der Waals surface area contributed by atoms with E-state index in [0.717, 1.165) is 21.1 Å². The van der Waals surface area contributed by atoms with Crippen LogP contribution in [-0.2, 0) is 27.8 Å². The lowest BCUT2D eigenvalue weighted by Crippen LogP contribution is -2.42. The molecule has 11 heteroatoms. The molecule has 3 aromatic rings. The second-order valence-corrected chi connectivity index (χ2v) is 9.88. The van der Waals surface area contributed by atoms with E-state index in [1.807, 2.05) is 13.8 Å². The highest BCUT2D eigenvalue weighted by Crippen LogP contribution is 2.18. The highest BCUT2D eigenvalue weighted by atomic mass is 32.2. The lowest BCUT2D eigenvalue weighted by Gasteiger charge is -2.12. The molecule has 0 saturated carbocycles. The normalized spacial score (nSPS) is 11.3. The first-order valence-electron chi connectivity index (χ1n) is 10.3. The average molecular weight is 487 g/mol. The molecule has 10 nitrogen and oxygen atoms in total. The van der Waals surface area contributed by atoms with Crippen molar-refractivity contribution < 1.29 is 27.3 Å². The van der Waals surface area contributed by atoms with Crippen molar-refractivity contribution in [1.82, 2.24) is 20.3 Å². The molecule has 1 heterocycles. The number of nitrogens with one attached hydrogen (secondary N) is 2. The Morgan fingerprint density at radius 3 is 2.38 bits per heavy atom. The van der Waals surface area contributed by atoms with Crippen LogP contribution in [0, 0.1) is 13.8 Å². The van der Waals surface area contributed by atoms with Crippen LogP contribution < -0.4 is 15.6 Å². The monoisotopic (exact) mass is 486 g/mol. The van der Waals surface area contributed by atoms with E-state index < -0.39 is 21.8 Å². The lowest BCUT2D eigenvalue weighted by molar-refractivity contribution is -0.121. The predicted molar refractivity (Wildman–Crippen MR) is 123 cm³/mol. The number of ether oxygens (including phenoxy) is 1. The van der Waals surface area contributed by atoms with Crippen LogP contribution in [0.4, 0.5) is 0 Å². The van der Waals surface area contributed by atoms with Gasteiger partial charge in [0.15, 0.2) is 0 Å². The summed E-state index contributed by atoms with van der Waals surface area (Å²) < 4.78 is 36.4. The fourth-order valence-corrected chi connectivity index (χ4v) is 3.95. The van der Waals surface area contributed by atoms with Crippen LogP contribution in [0.3, 0.4) is 0 Å². The van der Waals surface area contributed by atoms with E-state index >= 15 is 0 Å². The van der Waals surface area contributed by atoms with E-state index in [0.29, 0.717) is 18.1 Å². The molecule has 0 radical (unpaired) electrons. The van der Waals surface area contributed by atoms with Gasteiger partial charge in [-0.3, -0.25) is 20.4 Å². The minimum Gasteiger partial charge on any atom is -0.489 e. The minimum atomic E-state index is -3.68. The molecular weight excluding hydrogens is 460 g/mol. The molecule has 0 unspecified atom stereocenters. The number of amides is 2. The number of hydrazine groups is 1. The highest BCUT2D eigenvalue weighted by Gasteiger charge is 2.19. The van der Waals surface area contributed by atoms with Crippen molar-refractivity contribution in [3.05, 3.63) is 76.7 Å². The van der Waals surface area contributed by atoms with Gasteiger partial charge in [-0.05, 0) is 49.7 Å². The van der Waals surface area contributed by atoms with E-state index in [1.54, 1.807) is 24.3 Å². The molecule has 0 saturated heterocycles. The Morgan fingerprint density at radius 2 is 1.76 bits per heavy atom. The third-order valence-corrected chi connectivity index (χ3v) is 6.85. The van der Waals surface area contributed by atoms with Gasteiger partial charge < -0.3 is 9.26 Å². The van der Waals surface area contributed by atoms with Crippen LogP contribution in [-0.4, -0.2) is 43.8 Å². The Bertz CT molecular complexity index is 1260. The SMILES string of the molecule is Cc1noc(C)c1COc1ccc(CC(=O)NNC(=O)c2cccc(S(=O)(=O)N(C)C)c2)cc1. The topological polar surface area (TPSA) is 131 Å². The zero-order valence-electron chi connectivity index (χ0n) is 19.3. The summed E-state index contributed by atoms with van der Waals surface area (Å²) in [5.74, 6) is 0.269. The van der Waals surface area contributed by atoms with Crippen molar-refractivity contribution in [3.63, 3.8) is 0 Å². The third-order valence-electron chi connectivity index (χ3n) is 5.04. The average Bonchev–Trinajstić information content (AvgIpc) is 3.14. The van der Waals surface area contributed by atoms with Crippen LogP contribution in [0.5, 0.6) is 5.75 Å². The van der Waals surface area contributed by atoms with E-state index in [9.17, 15) is 18.0 Å². The van der Waals surface area contributed by atoms with Crippen LogP contribution >= 0.6 is 0 Å². The van der Waals surface area contributed by atoms with Crippen molar-refractivity contribution in [2.45, 2.75) is 31.8 Å².